The topological polar surface area (TPSA) is 62.4 Å². The first-order valence-corrected chi connectivity index (χ1v) is 9.49. The van der Waals surface area contributed by atoms with Gasteiger partial charge in [-0.1, -0.05) is 54.4 Å². The molecule has 0 radical (unpaired) electrons. The molecule has 4 nitrogen and oxygen atoms in total. The summed E-state index contributed by atoms with van der Waals surface area (Å²) in [6.45, 7) is 2.14. The van der Waals surface area contributed by atoms with E-state index >= 15 is 0 Å². The van der Waals surface area contributed by atoms with E-state index in [1.165, 1.54) is 0 Å². The van der Waals surface area contributed by atoms with Gasteiger partial charge in [-0.15, -0.1) is 0 Å². The fraction of sp³-hybridized carbons (Fsp3) is 0.263. The second-order valence-corrected chi connectivity index (χ2v) is 7.68. The van der Waals surface area contributed by atoms with Gasteiger partial charge in [-0.3, -0.25) is 5.43 Å². The van der Waals surface area contributed by atoms with Crippen molar-refractivity contribution in [3.05, 3.63) is 69.7 Å². The Morgan fingerprint density at radius 1 is 1.08 bits per heavy atom. The van der Waals surface area contributed by atoms with E-state index in [-0.39, 0.29) is 23.1 Å². The third kappa shape index (κ3) is 4.54. The average molecular weight is 407 g/mol. The number of nitrogens with one attached hydrogen (secondary N) is 2. The van der Waals surface area contributed by atoms with Gasteiger partial charge in [0.15, 0.2) is 5.11 Å². The highest BCUT2D eigenvalue weighted by Gasteiger charge is 2.33. The number of hydrogen-bond donors (Lipinski definition) is 3. The maximum Gasteiger partial charge on any atom is 0.184 e. The third-order valence-electron chi connectivity index (χ3n) is 4.63. The molecular weight excluding hydrogens is 387 g/mol. The molecule has 1 saturated heterocycles. The van der Waals surface area contributed by atoms with Gasteiger partial charge in [-0.05, 0) is 47.6 Å². The van der Waals surface area contributed by atoms with Gasteiger partial charge in [-0.25, -0.2) is 0 Å². The fourth-order valence-electron chi connectivity index (χ4n) is 3.25. The molecule has 3 unspecified atom stereocenters. The number of hydrogen-bond acceptors (Lipinski definition) is 3. The van der Waals surface area contributed by atoms with Crippen LogP contribution in [0.3, 0.4) is 0 Å². The normalized spacial score (nSPS) is 24.4. The lowest BCUT2D eigenvalue weighted by Crippen LogP contribution is -2.42. The monoisotopic (exact) mass is 406 g/mol. The maximum atomic E-state index is 6.04. The fourth-order valence-corrected chi connectivity index (χ4v) is 3.54. The third-order valence-corrected chi connectivity index (χ3v) is 5.23. The van der Waals surface area contributed by atoms with Gasteiger partial charge in [-0.2, -0.15) is 5.10 Å². The van der Waals surface area contributed by atoms with Gasteiger partial charge in [0, 0.05) is 40.2 Å². The molecule has 1 fully saturated rings. The van der Waals surface area contributed by atoms with Gasteiger partial charge in [0.05, 0.1) is 0 Å². The molecule has 26 heavy (non-hydrogen) atoms. The molecule has 1 heterocycles. The van der Waals surface area contributed by atoms with E-state index in [1.807, 2.05) is 48.5 Å². The van der Waals surface area contributed by atoms with E-state index in [0.29, 0.717) is 0 Å². The zero-order chi connectivity index (χ0) is 18.7. The van der Waals surface area contributed by atoms with Gasteiger partial charge >= 0.3 is 0 Å². The number of nitrogens with zero attached hydrogens (tertiary/aromatic N) is 1. The van der Waals surface area contributed by atoms with Crippen molar-refractivity contribution >= 4 is 46.2 Å². The zero-order valence-corrected chi connectivity index (χ0v) is 16.6. The average Bonchev–Trinajstić information content (AvgIpc) is 2.62. The largest absolute Gasteiger partial charge is 0.375 e. The van der Waals surface area contributed by atoms with E-state index in [4.69, 9.17) is 41.2 Å². The summed E-state index contributed by atoms with van der Waals surface area (Å²) < 4.78 is 0. The maximum absolute atomic E-state index is 6.04. The van der Waals surface area contributed by atoms with Gasteiger partial charge < -0.3 is 11.1 Å². The highest BCUT2D eigenvalue weighted by molar-refractivity contribution is 7.80. The molecule has 0 bridgehead atoms. The minimum atomic E-state index is 0.0913. The van der Waals surface area contributed by atoms with Crippen molar-refractivity contribution in [2.75, 3.05) is 0 Å². The van der Waals surface area contributed by atoms with Crippen LogP contribution in [0.25, 0.3) is 0 Å². The van der Waals surface area contributed by atoms with Crippen LogP contribution in [0.2, 0.25) is 10.0 Å². The quantitative estimate of drug-likeness (QED) is 0.514. The zero-order valence-electron chi connectivity index (χ0n) is 14.2. The van der Waals surface area contributed by atoms with Crippen LogP contribution >= 0.6 is 35.4 Å². The minimum Gasteiger partial charge on any atom is -0.375 e. The highest BCUT2D eigenvalue weighted by atomic mass is 35.5. The number of nitrogens with two attached hydrogens (primary N) is 1. The molecular formula is C19H20Cl2N4S. The van der Waals surface area contributed by atoms with Crippen LogP contribution in [0.4, 0.5) is 0 Å². The van der Waals surface area contributed by atoms with Crippen molar-refractivity contribution in [1.29, 1.82) is 0 Å². The lowest BCUT2D eigenvalue weighted by Gasteiger charge is -2.37. The first kappa shape index (κ1) is 19.1. The molecule has 136 valence electrons. The number of halogens is 2. The van der Waals surface area contributed by atoms with Crippen LogP contribution in [0.1, 0.15) is 36.6 Å². The summed E-state index contributed by atoms with van der Waals surface area (Å²) >= 11 is 17.0. The Bertz CT molecular complexity index is 805. The lowest BCUT2D eigenvalue weighted by atomic mass is 9.81. The highest BCUT2D eigenvalue weighted by Crippen LogP contribution is 2.36. The molecule has 1 aliphatic rings. The van der Waals surface area contributed by atoms with Crippen molar-refractivity contribution in [2.45, 2.75) is 25.4 Å². The van der Waals surface area contributed by atoms with E-state index in [2.05, 4.69) is 22.8 Å². The molecule has 3 atom stereocenters. The van der Waals surface area contributed by atoms with Crippen LogP contribution in [-0.4, -0.2) is 10.8 Å². The first-order chi connectivity index (χ1) is 12.4. The van der Waals surface area contributed by atoms with Crippen LogP contribution < -0.4 is 16.5 Å². The van der Waals surface area contributed by atoms with E-state index in [1.54, 1.807) is 0 Å². The van der Waals surface area contributed by atoms with Crippen molar-refractivity contribution in [1.82, 2.24) is 10.7 Å². The molecule has 0 saturated carbocycles. The summed E-state index contributed by atoms with van der Waals surface area (Å²) in [5.74, 6) is 0.168. The number of piperidine rings is 1. The molecule has 1 aliphatic heterocycles. The molecule has 0 aliphatic carbocycles. The second kappa shape index (κ2) is 8.35. The first-order valence-electron chi connectivity index (χ1n) is 8.33. The van der Waals surface area contributed by atoms with E-state index < -0.39 is 0 Å². The smallest absolute Gasteiger partial charge is 0.184 e. The van der Waals surface area contributed by atoms with Crippen molar-refractivity contribution in [2.24, 2.45) is 16.8 Å². The van der Waals surface area contributed by atoms with Gasteiger partial charge in [0.25, 0.3) is 0 Å². The molecule has 2 aromatic carbocycles. The van der Waals surface area contributed by atoms with Crippen LogP contribution in [0.15, 0.2) is 53.6 Å². The number of benzene rings is 2. The SMILES string of the molecule is CC1/C(=N/NC(N)=S)CC(c2ccc(Cl)cc2)NC1c1ccc(Cl)cc1. The summed E-state index contributed by atoms with van der Waals surface area (Å²) in [6.07, 6.45) is 0.752. The predicted molar refractivity (Wildman–Crippen MR) is 113 cm³/mol. The van der Waals surface area contributed by atoms with Crippen LogP contribution in [-0.2, 0) is 0 Å². The van der Waals surface area contributed by atoms with Crippen molar-refractivity contribution in [3.8, 4) is 0 Å². The van der Waals surface area contributed by atoms with Crippen LogP contribution in [0.5, 0.6) is 0 Å². The van der Waals surface area contributed by atoms with Gasteiger partial charge in [0.1, 0.15) is 0 Å². The van der Waals surface area contributed by atoms with Crippen LogP contribution in [0, 0.1) is 5.92 Å². The number of thiocarbonyl (C=S) groups is 1. The molecule has 0 spiro atoms. The van der Waals surface area contributed by atoms with E-state index in [0.717, 1.165) is 33.3 Å². The molecule has 4 N–H and O–H groups in total. The lowest BCUT2D eigenvalue weighted by molar-refractivity contribution is 0.363. The molecule has 0 aromatic heterocycles. The standard InChI is InChI=1S/C19H20Cl2N4S/c1-11-16(24-25-19(22)26)10-17(12-2-6-14(20)7-3-12)23-18(11)13-4-8-15(21)9-5-13/h2-9,11,17-18,23H,10H2,1H3,(H3,22,25,26)/b24-16+. The second-order valence-electron chi connectivity index (χ2n) is 6.37. The Balaban J connectivity index is 1.94. The van der Waals surface area contributed by atoms with E-state index in [9.17, 15) is 0 Å². The Labute approximate surface area is 168 Å². The predicted octanol–water partition coefficient (Wildman–Crippen LogP) is 4.59. The molecule has 3 rings (SSSR count). The molecule has 7 heteroatoms. The Hall–Kier alpha value is -1.66. The Kier molecular flexibility index (Phi) is 6.14. The van der Waals surface area contributed by atoms with Gasteiger partial charge in [0.2, 0.25) is 0 Å². The molecule has 0 amide bonds. The number of rotatable bonds is 3. The molecule has 2 aromatic rings. The summed E-state index contributed by atoms with van der Waals surface area (Å²) in [6, 6.07) is 16.0. The van der Waals surface area contributed by atoms with Crippen molar-refractivity contribution in [3.63, 3.8) is 0 Å². The van der Waals surface area contributed by atoms with Crippen molar-refractivity contribution < 1.29 is 0 Å². The Morgan fingerprint density at radius 2 is 1.62 bits per heavy atom. The minimum absolute atomic E-state index is 0.0913. The summed E-state index contributed by atoms with van der Waals surface area (Å²) in [4.78, 5) is 0. The summed E-state index contributed by atoms with van der Waals surface area (Å²) in [7, 11) is 0. The summed E-state index contributed by atoms with van der Waals surface area (Å²) in [5, 5.41) is 9.79. The Morgan fingerprint density at radius 3 is 2.15 bits per heavy atom. The summed E-state index contributed by atoms with van der Waals surface area (Å²) in [5.41, 5.74) is 11.6. The number of hydrazone groups is 1.